The maximum absolute atomic E-state index is 9.72. The molecule has 2 unspecified atom stereocenters. The Hall–Kier alpha value is -1.20. The van der Waals surface area contributed by atoms with E-state index in [0.29, 0.717) is 5.92 Å². The van der Waals surface area contributed by atoms with Gasteiger partial charge in [0, 0.05) is 23.4 Å². The van der Waals surface area contributed by atoms with E-state index in [0.717, 1.165) is 47.0 Å². The van der Waals surface area contributed by atoms with E-state index in [4.69, 9.17) is 0 Å². The first-order chi connectivity index (χ1) is 9.72. The largest absolute Gasteiger partial charge is 0.393 e. The fourth-order valence-electron chi connectivity index (χ4n) is 2.85. The number of fused-ring (bicyclic) bond motifs is 1. The molecule has 2 N–H and O–H groups in total. The zero-order valence-electron chi connectivity index (χ0n) is 11.2. The van der Waals surface area contributed by atoms with E-state index in [9.17, 15) is 5.11 Å². The maximum atomic E-state index is 9.72. The number of aliphatic hydroxyl groups excluding tert-OH is 1. The fraction of sp³-hybridized carbons (Fsp3) is 0.467. The molecule has 0 aliphatic heterocycles. The predicted octanol–water partition coefficient (Wildman–Crippen LogP) is 3.36. The lowest BCUT2D eigenvalue weighted by atomic mass is 9.87. The first-order valence-corrected chi connectivity index (χ1v) is 7.84. The number of nitrogens with one attached hydrogen (secondary N) is 1. The van der Waals surface area contributed by atoms with Crippen LogP contribution in [-0.2, 0) is 0 Å². The molecular weight excluding hydrogens is 318 g/mol. The van der Waals surface area contributed by atoms with Gasteiger partial charge in [0.1, 0.15) is 5.52 Å². The van der Waals surface area contributed by atoms with Gasteiger partial charge in [-0.15, -0.1) is 0 Å². The fourth-order valence-corrected chi connectivity index (χ4v) is 3.17. The van der Waals surface area contributed by atoms with Gasteiger partial charge in [-0.2, -0.15) is 0 Å². The summed E-state index contributed by atoms with van der Waals surface area (Å²) in [4.78, 5) is 8.78. The molecule has 2 aromatic heterocycles. The van der Waals surface area contributed by atoms with Crippen LogP contribution in [0, 0.1) is 5.92 Å². The van der Waals surface area contributed by atoms with Gasteiger partial charge in [-0.3, -0.25) is 9.97 Å². The number of aromatic nitrogens is 2. The minimum atomic E-state index is -0.126. The first-order valence-electron chi connectivity index (χ1n) is 7.04. The van der Waals surface area contributed by atoms with Gasteiger partial charge in [-0.05, 0) is 53.2 Å². The van der Waals surface area contributed by atoms with E-state index in [1.165, 1.54) is 6.42 Å². The number of hydrogen-bond donors (Lipinski definition) is 2. The van der Waals surface area contributed by atoms with Crippen LogP contribution in [0.3, 0.4) is 0 Å². The molecule has 0 radical (unpaired) electrons. The topological polar surface area (TPSA) is 58.0 Å². The Morgan fingerprint density at radius 2 is 2.25 bits per heavy atom. The quantitative estimate of drug-likeness (QED) is 0.902. The summed E-state index contributed by atoms with van der Waals surface area (Å²) in [6, 6.07) is 3.93. The molecule has 4 nitrogen and oxygen atoms in total. The van der Waals surface area contributed by atoms with Gasteiger partial charge >= 0.3 is 0 Å². The zero-order chi connectivity index (χ0) is 13.9. The standard InChI is InChI=1S/C15H18BrN3O/c16-11-7-14-15(19-9-11)13(4-5-17-14)18-8-10-2-1-3-12(20)6-10/h4-5,7,9-10,12,20H,1-3,6,8H2,(H,17,18). The first kappa shape index (κ1) is 13.8. The van der Waals surface area contributed by atoms with Crippen molar-refractivity contribution in [3.05, 3.63) is 29.0 Å². The lowest BCUT2D eigenvalue weighted by Crippen LogP contribution is -2.25. The molecule has 2 aromatic rings. The summed E-state index contributed by atoms with van der Waals surface area (Å²) >= 11 is 3.41. The highest BCUT2D eigenvalue weighted by Gasteiger charge is 2.20. The molecule has 2 atom stereocenters. The van der Waals surface area contributed by atoms with Crippen LogP contribution in [0.25, 0.3) is 11.0 Å². The van der Waals surface area contributed by atoms with Crippen molar-refractivity contribution in [1.29, 1.82) is 0 Å². The Morgan fingerprint density at radius 1 is 1.35 bits per heavy atom. The highest BCUT2D eigenvalue weighted by atomic mass is 79.9. The second-order valence-corrected chi connectivity index (χ2v) is 6.36. The summed E-state index contributed by atoms with van der Waals surface area (Å²) in [5, 5.41) is 13.2. The number of aliphatic hydroxyl groups is 1. The SMILES string of the molecule is OC1CCCC(CNc2ccnc3cc(Br)cnc23)C1. The Morgan fingerprint density at radius 3 is 3.10 bits per heavy atom. The van der Waals surface area contributed by atoms with Crippen molar-refractivity contribution < 1.29 is 5.11 Å². The van der Waals surface area contributed by atoms with Crippen LogP contribution < -0.4 is 5.32 Å². The van der Waals surface area contributed by atoms with Crippen LogP contribution in [0.15, 0.2) is 29.0 Å². The Balaban J connectivity index is 1.74. The van der Waals surface area contributed by atoms with Crippen molar-refractivity contribution in [2.45, 2.75) is 31.8 Å². The molecule has 0 bridgehead atoms. The van der Waals surface area contributed by atoms with Gasteiger partial charge < -0.3 is 10.4 Å². The molecule has 106 valence electrons. The zero-order valence-corrected chi connectivity index (χ0v) is 12.8. The van der Waals surface area contributed by atoms with Crippen molar-refractivity contribution in [1.82, 2.24) is 9.97 Å². The highest BCUT2D eigenvalue weighted by molar-refractivity contribution is 9.10. The van der Waals surface area contributed by atoms with E-state index < -0.39 is 0 Å². The average molecular weight is 336 g/mol. The predicted molar refractivity (Wildman–Crippen MR) is 83.7 cm³/mol. The van der Waals surface area contributed by atoms with Crippen LogP contribution >= 0.6 is 15.9 Å². The molecule has 20 heavy (non-hydrogen) atoms. The van der Waals surface area contributed by atoms with Gasteiger partial charge in [-0.25, -0.2) is 0 Å². The van der Waals surface area contributed by atoms with Crippen molar-refractivity contribution in [2.24, 2.45) is 5.92 Å². The average Bonchev–Trinajstić information content (AvgIpc) is 2.44. The number of hydrogen-bond acceptors (Lipinski definition) is 4. The summed E-state index contributed by atoms with van der Waals surface area (Å²) in [6.07, 6.45) is 7.62. The number of rotatable bonds is 3. The minimum Gasteiger partial charge on any atom is -0.393 e. The Kier molecular flexibility index (Phi) is 4.17. The van der Waals surface area contributed by atoms with Crippen LogP contribution in [0.4, 0.5) is 5.69 Å². The summed E-state index contributed by atoms with van der Waals surface area (Å²) in [5.74, 6) is 0.539. The maximum Gasteiger partial charge on any atom is 0.112 e. The summed E-state index contributed by atoms with van der Waals surface area (Å²) in [7, 11) is 0. The highest BCUT2D eigenvalue weighted by Crippen LogP contribution is 2.26. The molecule has 1 aliphatic rings. The lowest BCUT2D eigenvalue weighted by molar-refractivity contribution is 0.105. The van der Waals surface area contributed by atoms with Crippen LogP contribution in [0.2, 0.25) is 0 Å². The van der Waals surface area contributed by atoms with Crippen LogP contribution in [-0.4, -0.2) is 27.7 Å². The van der Waals surface area contributed by atoms with Gasteiger partial charge in [0.2, 0.25) is 0 Å². The molecule has 1 fully saturated rings. The number of halogens is 1. The van der Waals surface area contributed by atoms with Crippen LogP contribution in [0.5, 0.6) is 0 Å². The monoisotopic (exact) mass is 335 g/mol. The Bertz CT molecular complexity index is 605. The van der Waals surface area contributed by atoms with E-state index >= 15 is 0 Å². The third-order valence-corrected chi connectivity index (χ3v) is 4.31. The smallest absolute Gasteiger partial charge is 0.112 e. The summed E-state index contributed by atoms with van der Waals surface area (Å²) < 4.78 is 0.935. The third-order valence-electron chi connectivity index (χ3n) is 3.88. The summed E-state index contributed by atoms with van der Waals surface area (Å²) in [6.45, 7) is 0.883. The molecule has 2 heterocycles. The normalized spacial score (nSPS) is 22.9. The Labute approximate surface area is 126 Å². The van der Waals surface area contributed by atoms with Crippen molar-refractivity contribution in [3.8, 4) is 0 Å². The third kappa shape index (κ3) is 3.10. The molecule has 3 rings (SSSR count). The van der Waals surface area contributed by atoms with E-state index in [1.807, 2.05) is 12.1 Å². The van der Waals surface area contributed by atoms with Crippen LogP contribution in [0.1, 0.15) is 25.7 Å². The van der Waals surface area contributed by atoms with E-state index in [2.05, 4.69) is 31.2 Å². The number of nitrogens with zero attached hydrogens (tertiary/aromatic N) is 2. The molecule has 0 aromatic carbocycles. The van der Waals surface area contributed by atoms with Gasteiger partial charge in [0.15, 0.2) is 0 Å². The van der Waals surface area contributed by atoms with Crippen molar-refractivity contribution in [2.75, 3.05) is 11.9 Å². The molecule has 5 heteroatoms. The van der Waals surface area contributed by atoms with Crippen molar-refractivity contribution >= 4 is 32.7 Å². The molecule has 1 saturated carbocycles. The van der Waals surface area contributed by atoms with Gasteiger partial charge in [0.05, 0.1) is 17.3 Å². The van der Waals surface area contributed by atoms with Gasteiger partial charge in [0.25, 0.3) is 0 Å². The molecule has 0 amide bonds. The van der Waals surface area contributed by atoms with E-state index in [1.54, 1.807) is 12.4 Å². The minimum absolute atomic E-state index is 0.126. The second kappa shape index (κ2) is 6.06. The summed E-state index contributed by atoms with van der Waals surface area (Å²) in [5.41, 5.74) is 2.79. The molecule has 0 saturated heterocycles. The molecule has 0 spiro atoms. The lowest BCUT2D eigenvalue weighted by Gasteiger charge is -2.26. The molecular formula is C15H18BrN3O. The number of pyridine rings is 2. The number of anilines is 1. The van der Waals surface area contributed by atoms with E-state index in [-0.39, 0.29) is 6.10 Å². The molecule has 1 aliphatic carbocycles. The van der Waals surface area contributed by atoms with Gasteiger partial charge in [-0.1, -0.05) is 6.42 Å². The van der Waals surface area contributed by atoms with Crippen molar-refractivity contribution in [3.63, 3.8) is 0 Å². The second-order valence-electron chi connectivity index (χ2n) is 5.45.